The van der Waals surface area contributed by atoms with E-state index in [1.165, 1.54) is 28.2 Å². The van der Waals surface area contributed by atoms with Crippen molar-refractivity contribution in [2.75, 3.05) is 11.3 Å². The number of hydrogen-bond donors (Lipinski definition) is 1. The van der Waals surface area contributed by atoms with Crippen LogP contribution in [-0.2, 0) is 10.0 Å². The first kappa shape index (κ1) is 19.2. The first-order valence-corrected chi connectivity index (χ1v) is 11.1. The molecule has 0 aliphatic carbocycles. The highest BCUT2D eigenvalue weighted by molar-refractivity contribution is 7.92. The monoisotopic (exact) mass is 430 g/mol. The second kappa shape index (κ2) is 7.72. The lowest BCUT2D eigenvalue weighted by Crippen LogP contribution is -2.15. The van der Waals surface area contributed by atoms with E-state index >= 15 is 0 Å². The van der Waals surface area contributed by atoms with Crippen molar-refractivity contribution in [3.05, 3.63) is 59.8 Å². The molecule has 0 saturated heterocycles. The Hall–Kier alpha value is -3.11. The minimum absolute atomic E-state index is 0.127. The molecule has 4 rings (SSSR count). The molecule has 0 radical (unpaired) electrons. The van der Waals surface area contributed by atoms with E-state index in [1.807, 2.05) is 18.4 Å². The number of benzene rings is 1. The molecule has 0 unspecified atom stereocenters. The molecule has 0 amide bonds. The van der Waals surface area contributed by atoms with Gasteiger partial charge < -0.3 is 9.15 Å². The molecular weight excluding hydrogens is 412 g/mol. The van der Waals surface area contributed by atoms with Crippen LogP contribution in [0.4, 0.5) is 5.82 Å². The van der Waals surface area contributed by atoms with Gasteiger partial charge in [0.1, 0.15) is 17.3 Å². The molecule has 0 aliphatic heterocycles. The molecule has 0 aliphatic rings. The van der Waals surface area contributed by atoms with Gasteiger partial charge in [0.05, 0.1) is 23.5 Å². The van der Waals surface area contributed by atoms with E-state index in [-0.39, 0.29) is 4.90 Å². The number of furan rings is 1. The maximum atomic E-state index is 12.8. The smallest absolute Gasteiger partial charge is 0.263 e. The number of aryl methyl sites for hydroxylation is 1. The molecule has 1 aromatic carbocycles. The number of sulfonamides is 1. The molecule has 0 atom stereocenters. The van der Waals surface area contributed by atoms with E-state index in [0.717, 1.165) is 0 Å². The first-order valence-electron chi connectivity index (χ1n) is 8.78. The standard InChI is InChI=1S/C19H18N4O4S2/c1-3-26-14-6-8-15(9-7-14)29(24,25)22-18-11-13(2)21-23(18)19-20-16(12-28-19)17-5-4-10-27-17/h4-12,22H,3H2,1-2H3. The van der Waals surface area contributed by atoms with Crippen molar-refractivity contribution in [3.63, 3.8) is 0 Å². The number of thiazole rings is 1. The summed E-state index contributed by atoms with van der Waals surface area (Å²) in [5.41, 5.74) is 1.31. The maximum absolute atomic E-state index is 12.8. The lowest BCUT2D eigenvalue weighted by molar-refractivity contribution is 0.340. The topological polar surface area (TPSA) is 99.2 Å². The van der Waals surface area contributed by atoms with Crippen LogP contribution in [0, 0.1) is 6.92 Å². The third-order valence-corrected chi connectivity index (χ3v) is 6.15. The zero-order valence-corrected chi connectivity index (χ0v) is 17.3. The minimum atomic E-state index is -3.81. The van der Waals surface area contributed by atoms with Gasteiger partial charge in [0, 0.05) is 11.4 Å². The van der Waals surface area contributed by atoms with Gasteiger partial charge in [-0.1, -0.05) is 0 Å². The second-order valence-electron chi connectivity index (χ2n) is 6.09. The molecule has 3 aromatic heterocycles. The van der Waals surface area contributed by atoms with Crippen molar-refractivity contribution in [3.8, 4) is 22.3 Å². The predicted octanol–water partition coefficient (Wildman–Crippen LogP) is 4.10. The quantitative estimate of drug-likeness (QED) is 0.474. The molecule has 0 fully saturated rings. The van der Waals surface area contributed by atoms with Gasteiger partial charge in [-0.15, -0.1) is 11.3 Å². The van der Waals surface area contributed by atoms with Crippen LogP contribution in [-0.4, -0.2) is 29.8 Å². The SMILES string of the molecule is CCOc1ccc(S(=O)(=O)Nc2cc(C)nn2-c2nc(-c3ccco3)cs2)cc1. The van der Waals surface area contributed by atoms with Gasteiger partial charge in [0.25, 0.3) is 10.0 Å². The summed E-state index contributed by atoms with van der Waals surface area (Å²) in [4.78, 5) is 4.63. The van der Waals surface area contributed by atoms with Gasteiger partial charge in [-0.05, 0) is 50.2 Å². The maximum Gasteiger partial charge on any atom is 0.263 e. The van der Waals surface area contributed by atoms with Gasteiger partial charge in [-0.2, -0.15) is 9.78 Å². The molecule has 3 heterocycles. The Labute approximate surface area is 171 Å². The van der Waals surface area contributed by atoms with Gasteiger partial charge in [0.15, 0.2) is 5.76 Å². The summed E-state index contributed by atoms with van der Waals surface area (Å²) in [7, 11) is -3.81. The van der Waals surface area contributed by atoms with Crippen LogP contribution in [0.5, 0.6) is 5.75 Å². The largest absolute Gasteiger partial charge is 0.494 e. The zero-order chi connectivity index (χ0) is 20.4. The molecule has 1 N–H and O–H groups in total. The fourth-order valence-electron chi connectivity index (χ4n) is 2.70. The lowest BCUT2D eigenvalue weighted by Gasteiger charge is -2.09. The van der Waals surface area contributed by atoms with Crippen LogP contribution in [0.15, 0.2) is 63.4 Å². The fourth-order valence-corrected chi connectivity index (χ4v) is 4.50. The molecule has 0 saturated carbocycles. The third-order valence-electron chi connectivity index (χ3n) is 3.96. The van der Waals surface area contributed by atoms with Crippen LogP contribution in [0.1, 0.15) is 12.6 Å². The van der Waals surface area contributed by atoms with E-state index in [2.05, 4.69) is 14.8 Å². The number of aromatic nitrogens is 3. The molecule has 0 spiro atoms. The number of nitrogens with one attached hydrogen (secondary N) is 1. The Bertz CT molecular complexity index is 1210. The fraction of sp³-hybridized carbons (Fsp3) is 0.158. The highest BCUT2D eigenvalue weighted by Crippen LogP contribution is 2.28. The summed E-state index contributed by atoms with van der Waals surface area (Å²) in [5.74, 6) is 1.55. The average Bonchev–Trinajstić information content (AvgIpc) is 3.42. The summed E-state index contributed by atoms with van der Waals surface area (Å²) in [6.07, 6.45) is 1.57. The zero-order valence-electron chi connectivity index (χ0n) is 15.7. The van der Waals surface area contributed by atoms with Crippen molar-refractivity contribution < 1.29 is 17.6 Å². The Morgan fingerprint density at radius 2 is 2.03 bits per heavy atom. The minimum Gasteiger partial charge on any atom is -0.494 e. The highest BCUT2D eigenvalue weighted by atomic mass is 32.2. The van der Waals surface area contributed by atoms with E-state index in [4.69, 9.17) is 9.15 Å². The van der Waals surface area contributed by atoms with E-state index in [0.29, 0.717) is 40.5 Å². The lowest BCUT2D eigenvalue weighted by atomic mass is 10.3. The van der Waals surface area contributed by atoms with Gasteiger partial charge in [0.2, 0.25) is 5.13 Å². The number of nitrogens with zero attached hydrogens (tertiary/aromatic N) is 3. The van der Waals surface area contributed by atoms with Crippen molar-refractivity contribution in [1.82, 2.24) is 14.8 Å². The van der Waals surface area contributed by atoms with E-state index < -0.39 is 10.0 Å². The van der Waals surface area contributed by atoms with Crippen molar-refractivity contribution >= 4 is 27.2 Å². The normalized spacial score (nSPS) is 11.5. The van der Waals surface area contributed by atoms with Crippen LogP contribution in [0.2, 0.25) is 0 Å². The molecule has 10 heteroatoms. The second-order valence-corrected chi connectivity index (χ2v) is 8.60. The van der Waals surface area contributed by atoms with Crippen LogP contribution in [0.25, 0.3) is 16.6 Å². The summed E-state index contributed by atoms with van der Waals surface area (Å²) in [6, 6.07) is 11.5. The van der Waals surface area contributed by atoms with Crippen LogP contribution >= 0.6 is 11.3 Å². The van der Waals surface area contributed by atoms with Gasteiger partial charge in [-0.3, -0.25) is 4.72 Å². The highest BCUT2D eigenvalue weighted by Gasteiger charge is 2.20. The number of anilines is 1. The summed E-state index contributed by atoms with van der Waals surface area (Å²) >= 11 is 1.34. The summed E-state index contributed by atoms with van der Waals surface area (Å²) in [5, 5.41) is 6.73. The third kappa shape index (κ3) is 4.03. The molecule has 150 valence electrons. The first-order chi connectivity index (χ1) is 14.0. The molecule has 29 heavy (non-hydrogen) atoms. The predicted molar refractivity (Wildman–Crippen MR) is 110 cm³/mol. The Morgan fingerprint density at radius 1 is 1.24 bits per heavy atom. The Morgan fingerprint density at radius 3 is 2.72 bits per heavy atom. The number of ether oxygens (including phenoxy) is 1. The van der Waals surface area contributed by atoms with E-state index in [9.17, 15) is 8.42 Å². The molecule has 4 aromatic rings. The molecule has 0 bridgehead atoms. The summed E-state index contributed by atoms with van der Waals surface area (Å²) in [6.45, 7) is 4.16. The number of hydrogen-bond acceptors (Lipinski definition) is 7. The molecule has 8 nitrogen and oxygen atoms in total. The van der Waals surface area contributed by atoms with E-state index in [1.54, 1.807) is 37.5 Å². The van der Waals surface area contributed by atoms with Crippen molar-refractivity contribution in [2.45, 2.75) is 18.7 Å². The van der Waals surface area contributed by atoms with Gasteiger partial charge in [-0.25, -0.2) is 13.4 Å². The Balaban J connectivity index is 1.63. The van der Waals surface area contributed by atoms with Crippen molar-refractivity contribution in [1.29, 1.82) is 0 Å². The van der Waals surface area contributed by atoms with Crippen molar-refractivity contribution in [2.24, 2.45) is 0 Å². The van der Waals surface area contributed by atoms with Gasteiger partial charge >= 0.3 is 0 Å². The Kier molecular flexibility index (Phi) is 5.12. The average molecular weight is 431 g/mol. The summed E-state index contributed by atoms with van der Waals surface area (Å²) < 4.78 is 40.4. The molecular formula is C19H18N4O4S2. The number of rotatable bonds is 7. The van der Waals surface area contributed by atoms with Crippen LogP contribution in [0.3, 0.4) is 0 Å². The van der Waals surface area contributed by atoms with Crippen LogP contribution < -0.4 is 9.46 Å².